The molecule has 7 heteroatoms. The van der Waals surface area contributed by atoms with E-state index >= 15 is 0 Å². The van der Waals surface area contributed by atoms with E-state index in [1.807, 2.05) is 97.5 Å². The van der Waals surface area contributed by atoms with Gasteiger partial charge in [-0.05, 0) is 61.4 Å². The quantitative estimate of drug-likeness (QED) is 0.222. The van der Waals surface area contributed by atoms with Crippen LogP contribution in [0.5, 0.6) is 0 Å². The predicted octanol–water partition coefficient (Wildman–Crippen LogP) is 6.55. The lowest BCUT2D eigenvalue weighted by Crippen LogP contribution is -2.19. The summed E-state index contributed by atoms with van der Waals surface area (Å²) in [6.07, 6.45) is 3.62. The second-order valence-corrected chi connectivity index (χ2v) is 10.3. The minimum Gasteiger partial charge on any atom is -0.259 e. The molecule has 0 bridgehead atoms. The summed E-state index contributed by atoms with van der Waals surface area (Å²) < 4.78 is 3.31. The van der Waals surface area contributed by atoms with Gasteiger partial charge in [-0.15, -0.1) is 0 Å². The Bertz CT molecular complexity index is 1910. The molecule has 36 heavy (non-hydrogen) atoms. The molecule has 3 aromatic carbocycles. The lowest BCUT2D eigenvalue weighted by molar-refractivity contribution is 0.686. The number of nitrogens with zero attached hydrogens (tertiary/aromatic N) is 5. The topological polar surface area (TPSA) is 76.5 Å². The highest BCUT2D eigenvalue weighted by atomic mass is 127. The number of imidazole rings is 1. The number of nitriles is 1. The average Bonchev–Trinajstić information content (AvgIpc) is 3.18. The molecule has 0 fully saturated rings. The molecule has 0 unspecified atom stereocenters. The van der Waals surface area contributed by atoms with Crippen LogP contribution in [-0.4, -0.2) is 17.3 Å². The molecule has 3 heterocycles. The summed E-state index contributed by atoms with van der Waals surface area (Å²) in [5.41, 5.74) is 6.15. The fraction of sp³-hybridized carbons (Fsp3) is 0.103. The number of fused-ring (bicyclic) bond motifs is 4. The highest BCUT2D eigenvalue weighted by Gasteiger charge is 2.21. The molecule has 0 aliphatic carbocycles. The first kappa shape index (κ1) is 22.4. The predicted molar refractivity (Wildman–Crippen MR) is 152 cm³/mol. The zero-order chi connectivity index (χ0) is 25.0. The highest BCUT2D eigenvalue weighted by Crippen LogP contribution is 2.32. The van der Waals surface area contributed by atoms with Crippen molar-refractivity contribution < 1.29 is 0 Å². The minimum absolute atomic E-state index is 0.162. The molecule has 0 saturated heterocycles. The van der Waals surface area contributed by atoms with Crippen LogP contribution in [0.4, 0.5) is 0 Å². The molecule has 0 amide bonds. The fourth-order valence-corrected chi connectivity index (χ4v) is 5.14. The average molecular weight is 581 g/mol. The molecule has 0 N–H and O–H groups in total. The highest BCUT2D eigenvalue weighted by molar-refractivity contribution is 14.1. The smallest absolute Gasteiger partial charge is 0.259 e. The molecular weight excluding hydrogens is 561 g/mol. The van der Waals surface area contributed by atoms with Gasteiger partial charge in [0, 0.05) is 22.5 Å². The molecule has 0 saturated carbocycles. The minimum atomic E-state index is -0.611. The summed E-state index contributed by atoms with van der Waals surface area (Å²) in [6.45, 7) is 3.76. The number of halogens is 1. The van der Waals surface area contributed by atoms with Gasteiger partial charge in [0.2, 0.25) is 0 Å². The van der Waals surface area contributed by atoms with Gasteiger partial charge in [-0.25, -0.2) is 7.58 Å². The normalized spacial score (nSPS) is 11.8. The Labute approximate surface area is 221 Å². The second-order valence-electron chi connectivity index (χ2n) is 9.32. The van der Waals surface area contributed by atoms with Gasteiger partial charge in [0.15, 0.2) is 0 Å². The number of rotatable bonds is 3. The van der Waals surface area contributed by atoms with Crippen molar-refractivity contribution in [1.29, 1.82) is 5.26 Å². The maximum Gasteiger partial charge on any atom is 0.342 e. The van der Waals surface area contributed by atoms with Crippen LogP contribution in [0.1, 0.15) is 19.4 Å². The number of para-hydroxylation sites is 1. The molecule has 0 aliphatic heterocycles. The van der Waals surface area contributed by atoms with Crippen LogP contribution in [0, 0.1) is 11.3 Å². The molecule has 0 aliphatic rings. The first-order valence-electron chi connectivity index (χ1n) is 11.5. The van der Waals surface area contributed by atoms with Crippen LogP contribution in [0.15, 0.2) is 90.0 Å². The van der Waals surface area contributed by atoms with Crippen LogP contribution in [0.3, 0.4) is 0 Å². The number of benzene rings is 3. The van der Waals surface area contributed by atoms with E-state index in [1.54, 1.807) is 13.5 Å². The van der Waals surface area contributed by atoms with Crippen LogP contribution in [0.2, 0.25) is 0 Å². The van der Waals surface area contributed by atoms with Crippen molar-refractivity contribution in [3.05, 3.63) is 101 Å². The zero-order valence-corrected chi connectivity index (χ0v) is 21.8. The monoisotopic (exact) mass is 581 g/mol. The van der Waals surface area contributed by atoms with Gasteiger partial charge in [-0.1, -0.05) is 36.4 Å². The van der Waals surface area contributed by atoms with E-state index in [0.29, 0.717) is 0 Å². The molecule has 0 atom stereocenters. The third-order valence-electron chi connectivity index (χ3n) is 6.67. The summed E-state index contributed by atoms with van der Waals surface area (Å²) in [7, 11) is 0. The molecule has 174 valence electrons. The lowest BCUT2D eigenvalue weighted by atomic mass is 9.86. The van der Waals surface area contributed by atoms with Crippen LogP contribution < -0.4 is 5.69 Å². The van der Waals surface area contributed by atoms with Crippen molar-refractivity contribution in [2.75, 3.05) is 0 Å². The summed E-state index contributed by atoms with van der Waals surface area (Å²) in [5, 5.41) is 11.5. The van der Waals surface area contributed by atoms with E-state index < -0.39 is 5.41 Å². The molecule has 6 rings (SSSR count). The Morgan fingerprint density at radius 2 is 1.64 bits per heavy atom. The maximum atomic E-state index is 13.4. The van der Waals surface area contributed by atoms with Crippen LogP contribution in [-0.2, 0) is 5.41 Å². The summed E-state index contributed by atoms with van der Waals surface area (Å²) >= 11 is 2.03. The van der Waals surface area contributed by atoms with Crippen molar-refractivity contribution in [2.45, 2.75) is 19.3 Å². The fourth-order valence-electron chi connectivity index (χ4n) is 4.57. The first-order chi connectivity index (χ1) is 17.4. The Morgan fingerprint density at radius 3 is 2.42 bits per heavy atom. The van der Waals surface area contributed by atoms with Gasteiger partial charge >= 0.3 is 5.69 Å². The molecule has 0 radical (unpaired) electrons. The van der Waals surface area contributed by atoms with E-state index in [0.717, 1.165) is 55.2 Å². The molecule has 3 aromatic heterocycles. The van der Waals surface area contributed by atoms with E-state index in [1.165, 1.54) is 0 Å². The van der Waals surface area contributed by atoms with Crippen molar-refractivity contribution >= 4 is 55.7 Å². The largest absolute Gasteiger partial charge is 0.342 e. The number of hydrogen-bond acceptors (Lipinski definition) is 4. The number of hydrogen-bond donors (Lipinski definition) is 0. The zero-order valence-electron chi connectivity index (χ0n) is 19.6. The Kier molecular flexibility index (Phi) is 5.16. The van der Waals surface area contributed by atoms with Gasteiger partial charge < -0.3 is 0 Å². The SMILES string of the molecule is CC(C)(C#N)c1ccc(-n2c(=O)n(I)c3cnc4ccc(-c5cnc6ccccc6c5)cc4c32)cc1. The van der Waals surface area contributed by atoms with E-state index in [4.69, 9.17) is 0 Å². The van der Waals surface area contributed by atoms with E-state index in [2.05, 4.69) is 34.2 Å². The second kappa shape index (κ2) is 8.28. The standard InChI is InChI=1S/C29H20IN5O/c1-29(2,17-31)21-8-10-22(11-9-21)34-27-23-14-18(20-13-19-5-3-4-6-24(19)32-15-20)7-12-25(23)33-16-26(27)35(30)28(34)36/h3-16H,1-2H3. The number of pyridine rings is 2. The van der Waals surface area contributed by atoms with Crippen molar-refractivity contribution in [2.24, 2.45) is 0 Å². The van der Waals surface area contributed by atoms with Gasteiger partial charge in [-0.2, -0.15) is 5.26 Å². The molecular formula is C29H20IN5O. The summed E-state index contributed by atoms with van der Waals surface area (Å²) in [4.78, 5) is 22.7. The Balaban J connectivity index is 1.59. The van der Waals surface area contributed by atoms with Crippen molar-refractivity contribution in [1.82, 2.24) is 17.3 Å². The van der Waals surface area contributed by atoms with Crippen LogP contribution >= 0.6 is 22.9 Å². The third kappa shape index (κ3) is 3.48. The van der Waals surface area contributed by atoms with Gasteiger partial charge in [0.05, 0.1) is 68.3 Å². The molecule has 6 aromatic rings. The lowest BCUT2D eigenvalue weighted by Gasteiger charge is -2.16. The van der Waals surface area contributed by atoms with Crippen molar-refractivity contribution in [3.8, 4) is 22.9 Å². The molecule has 0 spiro atoms. The Morgan fingerprint density at radius 1 is 0.889 bits per heavy atom. The summed E-state index contributed by atoms with van der Waals surface area (Å²) in [5.74, 6) is 0. The third-order valence-corrected chi connectivity index (χ3v) is 7.60. The van der Waals surface area contributed by atoms with E-state index in [-0.39, 0.29) is 5.69 Å². The first-order valence-corrected chi connectivity index (χ1v) is 12.4. The van der Waals surface area contributed by atoms with Crippen LogP contribution in [0.25, 0.3) is 49.7 Å². The Hall–Kier alpha value is -4.03. The van der Waals surface area contributed by atoms with Gasteiger partial charge in [0.25, 0.3) is 0 Å². The van der Waals surface area contributed by atoms with Gasteiger partial charge in [0.1, 0.15) is 0 Å². The summed E-state index contributed by atoms with van der Waals surface area (Å²) in [6, 6.07) is 26.2. The molecule has 6 nitrogen and oxygen atoms in total. The van der Waals surface area contributed by atoms with E-state index in [9.17, 15) is 10.1 Å². The number of aromatic nitrogens is 4. The van der Waals surface area contributed by atoms with Crippen molar-refractivity contribution in [3.63, 3.8) is 0 Å². The maximum absolute atomic E-state index is 13.4. The van der Waals surface area contributed by atoms with Gasteiger partial charge in [-0.3, -0.25) is 14.5 Å².